The Bertz CT molecular complexity index is 671. The summed E-state index contributed by atoms with van der Waals surface area (Å²) in [6, 6.07) is 7.75. The van der Waals surface area contributed by atoms with Crippen LogP contribution in [0, 0.1) is 0 Å². The van der Waals surface area contributed by atoms with Crippen LogP contribution in [0.3, 0.4) is 0 Å². The Balaban J connectivity index is 1.66. The van der Waals surface area contributed by atoms with Crippen molar-refractivity contribution in [3.8, 4) is 0 Å². The maximum Gasteiger partial charge on any atom is 0.135 e. The van der Waals surface area contributed by atoms with Gasteiger partial charge in [-0.1, -0.05) is 23.2 Å². The van der Waals surface area contributed by atoms with Crippen LogP contribution in [0.25, 0.3) is 0 Å². The average molecular weight is 352 g/mol. The van der Waals surface area contributed by atoms with Gasteiger partial charge in [-0.05, 0) is 51.2 Å². The summed E-state index contributed by atoms with van der Waals surface area (Å²) < 4.78 is 0. The number of likely N-dealkylation sites (tertiary alicyclic amines) is 1. The minimum Gasteiger partial charge on any atom is -0.367 e. The number of hydrogen-bond donors (Lipinski definition) is 2. The fourth-order valence-corrected chi connectivity index (χ4v) is 2.89. The summed E-state index contributed by atoms with van der Waals surface area (Å²) in [5, 5.41) is 7.74. The molecule has 0 atom stereocenters. The van der Waals surface area contributed by atoms with Crippen LogP contribution in [0.5, 0.6) is 0 Å². The highest BCUT2D eigenvalue weighted by atomic mass is 35.5. The van der Waals surface area contributed by atoms with Crippen molar-refractivity contribution >= 4 is 40.5 Å². The summed E-state index contributed by atoms with van der Waals surface area (Å²) in [5.41, 5.74) is 0.836. The van der Waals surface area contributed by atoms with Gasteiger partial charge in [0.2, 0.25) is 0 Å². The maximum absolute atomic E-state index is 6.03. The first kappa shape index (κ1) is 16.3. The Morgan fingerprint density at radius 1 is 1.04 bits per heavy atom. The van der Waals surface area contributed by atoms with Crippen molar-refractivity contribution in [2.75, 3.05) is 30.8 Å². The molecule has 0 amide bonds. The number of piperidine rings is 1. The number of rotatable bonds is 4. The van der Waals surface area contributed by atoms with E-state index in [1.54, 1.807) is 18.5 Å². The van der Waals surface area contributed by atoms with Crippen LogP contribution in [0.2, 0.25) is 10.0 Å². The van der Waals surface area contributed by atoms with Crippen LogP contribution < -0.4 is 10.6 Å². The molecular weight excluding hydrogens is 333 g/mol. The predicted molar refractivity (Wildman–Crippen MR) is 95.9 cm³/mol. The number of anilines is 3. The van der Waals surface area contributed by atoms with Crippen LogP contribution in [-0.4, -0.2) is 41.0 Å². The molecule has 1 fully saturated rings. The predicted octanol–water partition coefficient (Wildman–Crippen LogP) is 4.03. The van der Waals surface area contributed by atoms with Gasteiger partial charge >= 0.3 is 0 Å². The van der Waals surface area contributed by atoms with Crippen molar-refractivity contribution in [2.45, 2.75) is 18.9 Å². The first-order chi connectivity index (χ1) is 11.1. The summed E-state index contributed by atoms with van der Waals surface area (Å²) in [6.45, 7) is 2.22. The van der Waals surface area contributed by atoms with Crippen LogP contribution in [0.4, 0.5) is 17.3 Å². The first-order valence-electron chi connectivity index (χ1n) is 7.59. The maximum atomic E-state index is 6.03. The van der Waals surface area contributed by atoms with Gasteiger partial charge in [0, 0.05) is 17.8 Å². The molecule has 0 unspecified atom stereocenters. The molecule has 7 heteroatoms. The summed E-state index contributed by atoms with van der Waals surface area (Å²) in [4.78, 5) is 10.9. The van der Waals surface area contributed by atoms with Crippen molar-refractivity contribution < 1.29 is 0 Å². The quantitative estimate of drug-likeness (QED) is 0.870. The van der Waals surface area contributed by atoms with Crippen LogP contribution in [-0.2, 0) is 0 Å². The Kier molecular flexibility index (Phi) is 5.20. The van der Waals surface area contributed by atoms with Gasteiger partial charge in [0.15, 0.2) is 0 Å². The van der Waals surface area contributed by atoms with Crippen molar-refractivity contribution in [3.63, 3.8) is 0 Å². The fourth-order valence-electron chi connectivity index (χ4n) is 2.59. The van der Waals surface area contributed by atoms with Gasteiger partial charge in [-0.3, -0.25) is 0 Å². The van der Waals surface area contributed by atoms with E-state index in [0.29, 0.717) is 21.9 Å². The van der Waals surface area contributed by atoms with E-state index in [1.807, 2.05) is 12.1 Å². The second kappa shape index (κ2) is 7.34. The number of aromatic nitrogens is 2. The topological polar surface area (TPSA) is 53.1 Å². The van der Waals surface area contributed by atoms with Crippen molar-refractivity contribution in [1.29, 1.82) is 0 Å². The SMILES string of the molecule is CN1CCC(Nc2cc(Nc3ccc(Cl)c(Cl)c3)ncn2)CC1. The van der Waals surface area contributed by atoms with Gasteiger partial charge < -0.3 is 15.5 Å². The third kappa shape index (κ3) is 4.47. The normalized spacial score (nSPS) is 16.3. The number of nitrogens with zero attached hydrogens (tertiary/aromatic N) is 3. The van der Waals surface area contributed by atoms with Crippen molar-refractivity contribution in [2.24, 2.45) is 0 Å². The summed E-state index contributed by atoms with van der Waals surface area (Å²) in [7, 11) is 2.15. The molecule has 2 heterocycles. The highest BCUT2D eigenvalue weighted by Crippen LogP contribution is 2.27. The highest BCUT2D eigenvalue weighted by molar-refractivity contribution is 6.42. The molecule has 0 radical (unpaired) electrons. The van der Waals surface area contributed by atoms with Crippen molar-refractivity contribution in [3.05, 3.63) is 40.6 Å². The molecule has 0 spiro atoms. The van der Waals surface area contributed by atoms with Gasteiger partial charge in [0.25, 0.3) is 0 Å². The minimum atomic E-state index is 0.457. The number of hydrogen-bond acceptors (Lipinski definition) is 5. The van der Waals surface area contributed by atoms with E-state index in [4.69, 9.17) is 23.2 Å². The van der Waals surface area contributed by atoms with E-state index < -0.39 is 0 Å². The number of nitrogens with one attached hydrogen (secondary N) is 2. The van der Waals surface area contributed by atoms with E-state index in [1.165, 1.54) is 0 Å². The summed E-state index contributed by atoms with van der Waals surface area (Å²) in [5.74, 6) is 1.55. The Morgan fingerprint density at radius 3 is 2.52 bits per heavy atom. The molecule has 2 N–H and O–H groups in total. The lowest BCUT2D eigenvalue weighted by Gasteiger charge is -2.29. The zero-order chi connectivity index (χ0) is 16.2. The van der Waals surface area contributed by atoms with Crippen molar-refractivity contribution in [1.82, 2.24) is 14.9 Å². The lowest BCUT2D eigenvalue weighted by atomic mass is 10.1. The summed E-state index contributed by atoms with van der Waals surface area (Å²) >= 11 is 12.0. The molecular formula is C16H19Cl2N5. The molecule has 1 saturated heterocycles. The second-order valence-corrected chi connectivity index (χ2v) is 6.58. The molecule has 2 aromatic rings. The lowest BCUT2D eigenvalue weighted by Crippen LogP contribution is -2.36. The van der Waals surface area contributed by atoms with E-state index >= 15 is 0 Å². The van der Waals surface area contributed by atoms with Crippen LogP contribution >= 0.6 is 23.2 Å². The Labute approximate surface area is 146 Å². The van der Waals surface area contributed by atoms with E-state index in [-0.39, 0.29) is 0 Å². The van der Waals surface area contributed by atoms with Gasteiger partial charge in [-0.15, -0.1) is 0 Å². The lowest BCUT2D eigenvalue weighted by molar-refractivity contribution is 0.263. The third-order valence-electron chi connectivity index (χ3n) is 3.93. The zero-order valence-corrected chi connectivity index (χ0v) is 14.4. The molecule has 0 aliphatic carbocycles. The van der Waals surface area contributed by atoms with E-state index in [2.05, 4.69) is 32.5 Å². The number of halogens is 2. The number of benzene rings is 1. The average Bonchev–Trinajstić information content (AvgIpc) is 2.54. The first-order valence-corrected chi connectivity index (χ1v) is 8.35. The molecule has 1 aliphatic heterocycles. The fraction of sp³-hybridized carbons (Fsp3) is 0.375. The molecule has 5 nitrogen and oxygen atoms in total. The molecule has 1 aliphatic rings. The molecule has 0 bridgehead atoms. The monoisotopic (exact) mass is 351 g/mol. The van der Waals surface area contributed by atoms with E-state index in [0.717, 1.165) is 37.4 Å². The van der Waals surface area contributed by atoms with Gasteiger partial charge in [-0.2, -0.15) is 0 Å². The molecule has 1 aromatic heterocycles. The van der Waals surface area contributed by atoms with E-state index in [9.17, 15) is 0 Å². The highest BCUT2D eigenvalue weighted by Gasteiger charge is 2.16. The second-order valence-electron chi connectivity index (χ2n) is 5.76. The standard InChI is InChI=1S/C16H19Cl2N5/c1-23-6-4-11(5-7-23)21-15-9-16(20-10-19-15)22-12-2-3-13(17)14(18)8-12/h2-3,8-11H,4-7H2,1H3,(H2,19,20,21,22). The summed E-state index contributed by atoms with van der Waals surface area (Å²) in [6.07, 6.45) is 3.79. The Morgan fingerprint density at radius 2 is 1.78 bits per heavy atom. The van der Waals surface area contributed by atoms with Gasteiger partial charge in [-0.25, -0.2) is 9.97 Å². The Hall–Kier alpha value is -1.56. The molecule has 1 aromatic carbocycles. The molecule has 122 valence electrons. The molecule has 0 saturated carbocycles. The largest absolute Gasteiger partial charge is 0.367 e. The van der Waals surface area contributed by atoms with Crippen LogP contribution in [0.15, 0.2) is 30.6 Å². The molecule has 23 heavy (non-hydrogen) atoms. The molecule has 3 rings (SSSR count). The third-order valence-corrected chi connectivity index (χ3v) is 4.67. The minimum absolute atomic E-state index is 0.457. The van der Waals surface area contributed by atoms with Gasteiger partial charge in [0.05, 0.1) is 10.0 Å². The van der Waals surface area contributed by atoms with Crippen LogP contribution in [0.1, 0.15) is 12.8 Å². The van der Waals surface area contributed by atoms with Gasteiger partial charge in [0.1, 0.15) is 18.0 Å². The zero-order valence-electron chi connectivity index (χ0n) is 12.9. The smallest absolute Gasteiger partial charge is 0.135 e.